The second-order valence-corrected chi connectivity index (χ2v) is 10.8. The number of para-hydroxylation sites is 2. The number of carbonyl (C=O) groups is 5. The molecular formula is C29H29F7N4O7. The van der Waals surface area contributed by atoms with E-state index in [4.69, 9.17) is 4.74 Å². The van der Waals surface area contributed by atoms with Gasteiger partial charge in [0, 0.05) is 18.5 Å². The van der Waals surface area contributed by atoms with Crippen molar-refractivity contribution in [1.29, 1.82) is 0 Å². The Bertz CT molecular complexity index is 1490. The first kappa shape index (κ1) is 36.6. The van der Waals surface area contributed by atoms with Crippen LogP contribution in [0.5, 0.6) is 11.5 Å². The number of alkyl halides is 3. The molecule has 0 spiro atoms. The number of ketones is 1. The number of benzene rings is 2. The zero-order valence-electron chi connectivity index (χ0n) is 24.7. The van der Waals surface area contributed by atoms with Crippen molar-refractivity contribution in [3.05, 3.63) is 53.6 Å². The summed E-state index contributed by atoms with van der Waals surface area (Å²) in [5, 5.41) is 8.93. The fourth-order valence-electron chi connectivity index (χ4n) is 4.51. The number of Topliss-reactive ketones (excluding diaryl/α,β-unsaturated/α-hetero) is 1. The highest BCUT2D eigenvalue weighted by molar-refractivity contribution is 6.40. The van der Waals surface area contributed by atoms with Crippen molar-refractivity contribution >= 4 is 35.1 Å². The van der Waals surface area contributed by atoms with Crippen LogP contribution in [0.25, 0.3) is 0 Å². The lowest BCUT2D eigenvalue weighted by atomic mass is 9.95. The molecule has 256 valence electrons. The average Bonchev–Trinajstić information content (AvgIpc) is 3.39. The van der Waals surface area contributed by atoms with E-state index in [2.05, 4.69) is 20.7 Å². The highest BCUT2D eigenvalue weighted by Crippen LogP contribution is 2.30. The number of carbonyl (C=O) groups excluding carboxylic acids is 5. The van der Waals surface area contributed by atoms with Crippen molar-refractivity contribution in [2.45, 2.75) is 51.6 Å². The van der Waals surface area contributed by atoms with Gasteiger partial charge in [0.25, 0.3) is 0 Å². The molecule has 4 N–H and O–H groups in total. The van der Waals surface area contributed by atoms with Crippen LogP contribution in [0.2, 0.25) is 0 Å². The molecule has 3 unspecified atom stereocenters. The molecule has 1 heterocycles. The van der Waals surface area contributed by atoms with E-state index >= 15 is 0 Å². The minimum absolute atomic E-state index is 0.0699. The lowest BCUT2D eigenvalue weighted by Crippen LogP contribution is -2.54. The summed E-state index contributed by atoms with van der Waals surface area (Å²) in [6, 6.07) is 1.17. The second kappa shape index (κ2) is 15.6. The quantitative estimate of drug-likeness (QED) is 0.144. The SMILES string of the molecule is CC(C)CC(NC(=O)C(=O)Nc1ccccc1OC(F)(F)F)C(=O)NC(CC1CCNC1=O)C(=O)COc1c(F)c(F)cc(F)c1F. The zero-order valence-corrected chi connectivity index (χ0v) is 24.7. The van der Waals surface area contributed by atoms with Gasteiger partial charge in [0.15, 0.2) is 28.9 Å². The summed E-state index contributed by atoms with van der Waals surface area (Å²) in [5.74, 6) is -16.4. The van der Waals surface area contributed by atoms with Crippen molar-refractivity contribution in [3.8, 4) is 11.5 Å². The standard InChI is InChI=1S/C29H29F7N4O7/c1-13(2)9-19(40-28(45)27(44)38-17-5-3-4-6-21(17)47-29(34,35)36)26(43)39-18(10-14-7-8-37-25(14)42)20(41)12-46-24-22(32)15(30)11-16(31)23(24)33/h3-6,11,13-14,18-19H,7-10,12H2,1-2H3,(H,37,42)(H,38,44)(H,39,43)(H,40,45). The normalized spacial score (nSPS) is 15.8. The Morgan fingerprint density at radius 1 is 0.957 bits per heavy atom. The Morgan fingerprint density at radius 2 is 1.60 bits per heavy atom. The third-order valence-electron chi connectivity index (χ3n) is 6.71. The fourth-order valence-corrected chi connectivity index (χ4v) is 4.51. The second-order valence-electron chi connectivity index (χ2n) is 10.8. The highest BCUT2D eigenvalue weighted by atomic mass is 19.4. The van der Waals surface area contributed by atoms with E-state index in [-0.39, 0.29) is 37.8 Å². The number of halogens is 7. The van der Waals surface area contributed by atoms with Gasteiger partial charge in [-0.25, -0.2) is 8.78 Å². The smallest absolute Gasteiger partial charge is 0.479 e. The highest BCUT2D eigenvalue weighted by Gasteiger charge is 2.35. The van der Waals surface area contributed by atoms with E-state index in [1.165, 1.54) is 12.1 Å². The predicted molar refractivity (Wildman–Crippen MR) is 148 cm³/mol. The average molecular weight is 679 g/mol. The van der Waals surface area contributed by atoms with E-state index in [0.29, 0.717) is 0 Å². The maximum atomic E-state index is 14.1. The summed E-state index contributed by atoms with van der Waals surface area (Å²) in [5.41, 5.74) is -0.513. The molecule has 18 heteroatoms. The van der Waals surface area contributed by atoms with E-state index < -0.39 is 101 Å². The van der Waals surface area contributed by atoms with Crippen molar-refractivity contribution in [3.63, 3.8) is 0 Å². The Kier molecular flexibility index (Phi) is 12.1. The molecular weight excluding hydrogens is 649 g/mol. The summed E-state index contributed by atoms with van der Waals surface area (Å²) in [7, 11) is 0. The molecule has 3 atom stereocenters. The maximum absolute atomic E-state index is 14.1. The van der Waals surface area contributed by atoms with Crippen LogP contribution in [0, 0.1) is 35.1 Å². The number of hydrogen-bond acceptors (Lipinski definition) is 7. The molecule has 2 aromatic carbocycles. The van der Waals surface area contributed by atoms with Crippen molar-refractivity contribution in [1.82, 2.24) is 16.0 Å². The van der Waals surface area contributed by atoms with Gasteiger partial charge in [-0.2, -0.15) is 8.78 Å². The van der Waals surface area contributed by atoms with Gasteiger partial charge in [-0.15, -0.1) is 13.2 Å². The lowest BCUT2D eigenvalue weighted by Gasteiger charge is -2.25. The van der Waals surface area contributed by atoms with Crippen LogP contribution in [0.3, 0.4) is 0 Å². The summed E-state index contributed by atoms with van der Waals surface area (Å²) >= 11 is 0. The lowest BCUT2D eigenvalue weighted by molar-refractivity contribution is -0.274. The predicted octanol–water partition coefficient (Wildman–Crippen LogP) is 3.27. The first-order chi connectivity index (χ1) is 22.0. The van der Waals surface area contributed by atoms with Gasteiger partial charge in [0.1, 0.15) is 12.6 Å². The Morgan fingerprint density at radius 3 is 2.17 bits per heavy atom. The third kappa shape index (κ3) is 10.3. The molecule has 3 rings (SSSR count). The summed E-state index contributed by atoms with van der Waals surface area (Å²) in [6.45, 7) is 2.31. The van der Waals surface area contributed by atoms with Gasteiger partial charge in [-0.1, -0.05) is 26.0 Å². The van der Waals surface area contributed by atoms with E-state index in [9.17, 15) is 54.7 Å². The number of ether oxygens (including phenoxy) is 2. The van der Waals surface area contributed by atoms with Crippen LogP contribution in [0.15, 0.2) is 30.3 Å². The third-order valence-corrected chi connectivity index (χ3v) is 6.71. The van der Waals surface area contributed by atoms with Gasteiger partial charge in [0.05, 0.1) is 11.7 Å². The van der Waals surface area contributed by atoms with Gasteiger partial charge in [-0.05, 0) is 37.3 Å². The van der Waals surface area contributed by atoms with Crippen molar-refractivity contribution < 1.29 is 64.2 Å². The minimum Gasteiger partial charge on any atom is -0.479 e. The van der Waals surface area contributed by atoms with Gasteiger partial charge in [0.2, 0.25) is 23.4 Å². The van der Waals surface area contributed by atoms with Crippen LogP contribution in [0.4, 0.5) is 36.4 Å². The van der Waals surface area contributed by atoms with E-state index in [1.54, 1.807) is 13.8 Å². The van der Waals surface area contributed by atoms with Crippen LogP contribution >= 0.6 is 0 Å². The number of hydrogen-bond donors (Lipinski definition) is 4. The molecule has 2 aromatic rings. The maximum Gasteiger partial charge on any atom is 0.573 e. The summed E-state index contributed by atoms with van der Waals surface area (Å²) in [4.78, 5) is 63.9. The van der Waals surface area contributed by atoms with Gasteiger partial charge in [-0.3, -0.25) is 24.0 Å². The summed E-state index contributed by atoms with van der Waals surface area (Å²) in [6.07, 6.45) is -5.35. The zero-order chi connectivity index (χ0) is 35.1. The van der Waals surface area contributed by atoms with Crippen LogP contribution < -0.4 is 30.7 Å². The van der Waals surface area contributed by atoms with Gasteiger partial charge < -0.3 is 30.7 Å². The molecule has 1 fully saturated rings. The fraction of sp³-hybridized carbons (Fsp3) is 0.414. The molecule has 0 radical (unpaired) electrons. The minimum atomic E-state index is -5.11. The van der Waals surface area contributed by atoms with Crippen molar-refractivity contribution in [2.75, 3.05) is 18.5 Å². The Balaban J connectivity index is 1.77. The molecule has 1 aliphatic heterocycles. The number of rotatable bonds is 13. The molecule has 0 bridgehead atoms. The Labute approximate surface area is 262 Å². The molecule has 1 aliphatic rings. The monoisotopic (exact) mass is 678 g/mol. The van der Waals surface area contributed by atoms with E-state index in [0.717, 1.165) is 12.1 Å². The number of nitrogens with one attached hydrogen (secondary N) is 4. The molecule has 11 nitrogen and oxygen atoms in total. The number of anilines is 1. The van der Waals surface area contributed by atoms with Gasteiger partial charge >= 0.3 is 18.2 Å². The largest absolute Gasteiger partial charge is 0.573 e. The van der Waals surface area contributed by atoms with E-state index in [1.807, 2.05) is 5.32 Å². The first-order valence-electron chi connectivity index (χ1n) is 14.0. The molecule has 4 amide bonds. The molecule has 1 saturated heterocycles. The van der Waals surface area contributed by atoms with Crippen molar-refractivity contribution in [2.24, 2.45) is 11.8 Å². The van der Waals surface area contributed by atoms with Crippen LogP contribution in [-0.2, 0) is 24.0 Å². The first-order valence-corrected chi connectivity index (χ1v) is 14.0. The van der Waals surface area contributed by atoms with Crippen LogP contribution in [-0.4, -0.2) is 61.0 Å². The molecule has 47 heavy (non-hydrogen) atoms. The molecule has 0 aromatic heterocycles. The summed E-state index contributed by atoms with van der Waals surface area (Å²) < 4.78 is 102. The Hall–Kier alpha value is -4.90. The topological polar surface area (TPSA) is 152 Å². The molecule has 0 saturated carbocycles. The number of amides is 4. The van der Waals surface area contributed by atoms with Crippen LogP contribution in [0.1, 0.15) is 33.1 Å². The molecule has 0 aliphatic carbocycles.